The van der Waals surface area contributed by atoms with Crippen LogP contribution in [0.5, 0.6) is 11.5 Å². The lowest BCUT2D eigenvalue weighted by Crippen LogP contribution is -2.33. The maximum atomic E-state index is 5.97. The number of nitrogens with zero attached hydrogens (tertiary/aromatic N) is 4. The molecule has 2 aromatic carbocycles. The Kier molecular flexibility index (Phi) is 8.71. The van der Waals surface area contributed by atoms with Crippen LogP contribution >= 0.6 is 24.0 Å². The third-order valence-electron chi connectivity index (χ3n) is 4.22. The highest BCUT2D eigenvalue weighted by Crippen LogP contribution is 2.27. The van der Waals surface area contributed by atoms with Gasteiger partial charge in [0.15, 0.2) is 17.5 Å². The molecule has 1 heterocycles. The summed E-state index contributed by atoms with van der Waals surface area (Å²) in [5.41, 5.74) is 9.11. The Bertz CT molecular complexity index is 913. The topological polar surface area (TPSA) is 99.6 Å². The lowest BCUT2D eigenvalue weighted by atomic mass is 10.1. The van der Waals surface area contributed by atoms with Gasteiger partial charge in [0.05, 0.1) is 26.5 Å². The Morgan fingerprint density at radius 2 is 1.79 bits per heavy atom. The molecule has 0 fully saturated rings. The van der Waals surface area contributed by atoms with Crippen LogP contribution in [0.25, 0.3) is 5.69 Å². The number of benzene rings is 2. The lowest BCUT2D eigenvalue weighted by molar-refractivity contribution is 0.354. The van der Waals surface area contributed by atoms with E-state index in [9.17, 15) is 0 Å². The second kappa shape index (κ2) is 11.2. The summed E-state index contributed by atoms with van der Waals surface area (Å²) in [6.07, 6.45) is 3.96. The van der Waals surface area contributed by atoms with E-state index in [1.54, 1.807) is 25.2 Å². The first kappa shape index (κ1) is 22.5. The van der Waals surface area contributed by atoms with Gasteiger partial charge in [-0.15, -0.1) is 24.0 Å². The predicted octanol–water partition coefficient (Wildman–Crippen LogP) is 2.55. The summed E-state index contributed by atoms with van der Waals surface area (Å²) in [5.74, 6) is 1.85. The quantitative estimate of drug-likeness (QED) is 0.276. The number of halogens is 1. The average Bonchev–Trinajstić information content (AvgIpc) is 3.27. The normalized spacial score (nSPS) is 10.9. The van der Waals surface area contributed by atoms with E-state index in [0.717, 1.165) is 34.7 Å². The van der Waals surface area contributed by atoms with Crippen molar-refractivity contribution in [3.8, 4) is 17.2 Å². The van der Waals surface area contributed by atoms with Gasteiger partial charge in [-0.1, -0.05) is 18.2 Å². The maximum absolute atomic E-state index is 5.97. The number of methoxy groups -OCH3 is 2. The van der Waals surface area contributed by atoms with Gasteiger partial charge in [0.25, 0.3) is 0 Å². The fraction of sp³-hybridized carbons (Fsp3) is 0.250. The van der Waals surface area contributed by atoms with Gasteiger partial charge < -0.3 is 20.5 Å². The number of hydrogen-bond acceptors (Lipinski definition) is 5. The van der Waals surface area contributed by atoms with Crippen LogP contribution in [0.4, 0.5) is 0 Å². The molecule has 3 rings (SSSR count). The predicted molar refractivity (Wildman–Crippen MR) is 123 cm³/mol. The highest BCUT2D eigenvalue weighted by atomic mass is 127. The second-order valence-electron chi connectivity index (χ2n) is 6.07. The number of aliphatic imine (C=N–C) groups is 1. The number of nitrogens with two attached hydrogens (primary N) is 1. The summed E-state index contributed by atoms with van der Waals surface area (Å²) in [4.78, 5) is 8.32. The summed E-state index contributed by atoms with van der Waals surface area (Å²) in [6, 6.07) is 13.8. The van der Waals surface area contributed by atoms with Crippen LogP contribution in [-0.2, 0) is 13.0 Å². The zero-order chi connectivity index (χ0) is 19.8. The van der Waals surface area contributed by atoms with Crippen LogP contribution in [0.2, 0.25) is 0 Å². The lowest BCUT2D eigenvalue weighted by Gasteiger charge is -2.10. The average molecular weight is 508 g/mol. The Morgan fingerprint density at radius 1 is 1.07 bits per heavy atom. The third-order valence-corrected chi connectivity index (χ3v) is 4.22. The third kappa shape index (κ3) is 6.34. The summed E-state index contributed by atoms with van der Waals surface area (Å²) >= 11 is 0. The molecule has 154 valence electrons. The first-order valence-corrected chi connectivity index (χ1v) is 8.88. The van der Waals surface area contributed by atoms with Crippen LogP contribution in [0.3, 0.4) is 0 Å². The van der Waals surface area contributed by atoms with Crippen LogP contribution < -0.4 is 20.5 Å². The van der Waals surface area contributed by atoms with E-state index < -0.39 is 0 Å². The Hall–Kier alpha value is -2.82. The van der Waals surface area contributed by atoms with Gasteiger partial charge in [0.1, 0.15) is 12.7 Å². The molecule has 0 aliphatic rings. The van der Waals surface area contributed by atoms with Gasteiger partial charge in [-0.3, -0.25) is 0 Å². The molecule has 0 amide bonds. The van der Waals surface area contributed by atoms with Gasteiger partial charge in [-0.05, 0) is 41.8 Å². The van der Waals surface area contributed by atoms with Gasteiger partial charge in [-0.25, -0.2) is 14.7 Å². The second-order valence-corrected chi connectivity index (χ2v) is 6.07. The molecule has 0 aliphatic heterocycles. The fourth-order valence-electron chi connectivity index (χ4n) is 2.70. The molecule has 8 nitrogen and oxygen atoms in total. The Labute approximate surface area is 187 Å². The first-order valence-electron chi connectivity index (χ1n) is 8.88. The molecular weight excluding hydrogens is 483 g/mol. The zero-order valence-electron chi connectivity index (χ0n) is 16.4. The van der Waals surface area contributed by atoms with Crippen molar-refractivity contribution < 1.29 is 9.47 Å². The van der Waals surface area contributed by atoms with Crippen LogP contribution in [0, 0.1) is 0 Å². The minimum Gasteiger partial charge on any atom is -0.493 e. The molecule has 0 bridgehead atoms. The molecule has 0 saturated heterocycles. The molecule has 1 aromatic heterocycles. The summed E-state index contributed by atoms with van der Waals surface area (Å²) in [7, 11) is 3.25. The minimum absolute atomic E-state index is 0. The van der Waals surface area contributed by atoms with E-state index >= 15 is 0 Å². The Morgan fingerprint density at radius 3 is 2.45 bits per heavy atom. The van der Waals surface area contributed by atoms with Crippen molar-refractivity contribution in [1.82, 2.24) is 20.1 Å². The number of aromatic nitrogens is 3. The van der Waals surface area contributed by atoms with Crippen molar-refractivity contribution in [3.05, 3.63) is 66.2 Å². The van der Waals surface area contributed by atoms with Crippen molar-refractivity contribution in [1.29, 1.82) is 0 Å². The van der Waals surface area contributed by atoms with Gasteiger partial charge in [0, 0.05) is 6.54 Å². The SMILES string of the molecule is COc1ccc(CCNC(N)=NCc2ccc(-n3cncn3)cc2)cc1OC.I. The smallest absolute Gasteiger partial charge is 0.188 e. The highest BCUT2D eigenvalue weighted by molar-refractivity contribution is 14.0. The fourth-order valence-corrected chi connectivity index (χ4v) is 2.70. The maximum Gasteiger partial charge on any atom is 0.188 e. The first-order chi connectivity index (χ1) is 13.7. The van der Waals surface area contributed by atoms with E-state index in [0.29, 0.717) is 19.0 Å². The molecule has 0 radical (unpaired) electrons. The molecular formula is C20H25IN6O2. The largest absolute Gasteiger partial charge is 0.493 e. The monoisotopic (exact) mass is 508 g/mol. The highest BCUT2D eigenvalue weighted by Gasteiger charge is 2.04. The number of rotatable bonds is 8. The molecule has 0 unspecified atom stereocenters. The molecule has 3 aromatic rings. The van der Waals surface area contributed by atoms with E-state index in [1.165, 1.54) is 6.33 Å². The van der Waals surface area contributed by atoms with E-state index in [4.69, 9.17) is 15.2 Å². The molecule has 29 heavy (non-hydrogen) atoms. The number of ether oxygens (including phenoxy) is 2. The van der Waals surface area contributed by atoms with Crippen molar-refractivity contribution in [2.24, 2.45) is 10.7 Å². The standard InChI is InChI=1S/C20H24N6O2.HI/c1-27-18-8-5-15(11-19(18)28-2)9-10-23-20(21)24-12-16-3-6-17(7-4-16)26-14-22-13-25-26;/h3-8,11,13-14H,9-10,12H2,1-2H3,(H3,21,23,24);1H. The Balaban J connectivity index is 0.00000300. The van der Waals surface area contributed by atoms with Crippen molar-refractivity contribution in [2.75, 3.05) is 20.8 Å². The molecule has 0 spiro atoms. The van der Waals surface area contributed by atoms with E-state index in [2.05, 4.69) is 20.4 Å². The number of guanidine groups is 1. The summed E-state index contributed by atoms with van der Waals surface area (Å²) in [5, 5.41) is 7.24. The minimum atomic E-state index is 0. The van der Waals surface area contributed by atoms with Crippen LogP contribution in [0.1, 0.15) is 11.1 Å². The molecule has 0 saturated carbocycles. The summed E-state index contributed by atoms with van der Waals surface area (Å²) < 4.78 is 12.3. The summed E-state index contributed by atoms with van der Waals surface area (Å²) in [6.45, 7) is 1.18. The zero-order valence-corrected chi connectivity index (χ0v) is 18.7. The van der Waals surface area contributed by atoms with Crippen LogP contribution in [0.15, 0.2) is 60.1 Å². The van der Waals surface area contributed by atoms with E-state index in [1.807, 2.05) is 42.5 Å². The van der Waals surface area contributed by atoms with Gasteiger partial charge >= 0.3 is 0 Å². The van der Waals surface area contributed by atoms with Gasteiger partial charge in [-0.2, -0.15) is 5.10 Å². The van der Waals surface area contributed by atoms with Gasteiger partial charge in [0.2, 0.25) is 0 Å². The van der Waals surface area contributed by atoms with Crippen molar-refractivity contribution in [3.63, 3.8) is 0 Å². The van der Waals surface area contributed by atoms with Crippen LogP contribution in [-0.4, -0.2) is 41.5 Å². The number of nitrogens with one attached hydrogen (secondary N) is 1. The molecule has 0 atom stereocenters. The van der Waals surface area contributed by atoms with Crippen molar-refractivity contribution >= 4 is 29.9 Å². The molecule has 9 heteroatoms. The molecule has 0 aliphatic carbocycles. The van der Waals surface area contributed by atoms with E-state index in [-0.39, 0.29) is 24.0 Å². The molecule has 3 N–H and O–H groups in total. The van der Waals surface area contributed by atoms with Crippen molar-refractivity contribution in [2.45, 2.75) is 13.0 Å². The number of hydrogen-bond donors (Lipinski definition) is 2.